The first kappa shape index (κ1) is 14.1. The molecule has 0 aliphatic carbocycles. The highest BCUT2D eigenvalue weighted by Crippen LogP contribution is 2.26. The highest BCUT2D eigenvalue weighted by atomic mass is 35.5. The highest BCUT2D eigenvalue weighted by Gasteiger charge is 2.08. The van der Waals surface area contributed by atoms with Crippen molar-refractivity contribution in [3.05, 3.63) is 52.2 Å². The number of hydrogen-bond donors (Lipinski definition) is 2. The Morgan fingerprint density at radius 2 is 1.90 bits per heavy atom. The standard InChI is InChI=1S/C14H10ClN3OS2/c15-10-5-3-9(4-6-10)11-8-21-14(16-11)18-13(19)17-12-2-1-7-20-12/h1-8H,(H2,16,17,18,19). The molecule has 106 valence electrons. The van der Waals surface area contributed by atoms with Crippen LogP contribution in [0.2, 0.25) is 5.02 Å². The molecule has 0 saturated heterocycles. The molecule has 3 aromatic rings. The van der Waals surface area contributed by atoms with Gasteiger partial charge in [0.1, 0.15) is 0 Å². The van der Waals surface area contributed by atoms with Gasteiger partial charge in [-0.1, -0.05) is 23.7 Å². The summed E-state index contributed by atoms with van der Waals surface area (Å²) in [7, 11) is 0. The van der Waals surface area contributed by atoms with E-state index in [1.165, 1.54) is 22.7 Å². The van der Waals surface area contributed by atoms with Gasteiger partial charge < -0.3 is 0 Å². The highest BCUT2D eigenvalue weighted by molar-refractivity contribution is 7.14. The van der Waals surface area contributed by atoms with Crippen LogP contribution in [0.1, 0.15) is 0 Å². The zero-order valence-corrected chi connectivity index (χ0v) is 13.1. The fraction of sp³-hybridized carbons (Fsp3) is 0. The van der Waals surface area contributed by atoms with Gasteiger partial charge in [0.05, 0.1) is 10.7 Å². The van der Waals surface area contributed by atoms with Crippen LogP contribution >= 0.6 is 34.3 Å². The number of carbonyl (C=O) groups excluding carboxylic acids is 1. The van der Waals surface area contributed by atoms with Gasteiger partial charge in [-0.2, -0.15) is 0 Å². The van der Waals surface area contributed by atoms with Crippen LogP contribution in [0.4, 0.5) is 14.9 Å². The molecule has 0 atom stereocenters. The van der Waals surface area contributed by atoms with Crippen LogP contribution < -0.4 is 10.6 Å². The average molecular weight is 336 g/mol. The van der Waals surface area contributed by atoms with Crippen molar-refractivity contribution >= 4 is 50.4 Å². The van der Waals surface area contributed by atoms with E-state index in [1.807, 2.05) is 47.2 Å². The molecule has 4 nitrogen and oxygen atoms in total. The van der Waals surface area contributed by atoms with Crippen LogP contribution in [-0.2, 0) is 0 Å². The lowest BCUT2D eigenvalue weighted by Gasteiger charge is -2.02. The maximum absolute atomic E-state index is 11.8. The fourth-order valence-electron chi connectivity index (χ4n) is 1.67. The maximum Gasteiger partial charge on any atom is 0.326 e. The first-order valence-electron chi connectivity index (χ1n) is 6.04. The average Bonchev–Trinajstić information content (AvgIpc) is 3.11. The molecule has 2 amide bonds. The SMILES string of the molecule is O=C(Nc1cccs1)Nc1nc(-c2ccc(Cl)cc2)cs1. The summed E-state index contributed by atoms with van der Waals surface area (Å²) in [4.78, 5) is 16.2. The molecule has 0 spiro atoms. The van der Waals surface area contributed by atoms with Gasteiger partial charge in [-0.05, 0) is 29.6 Å². The van der Waals surface area contributed by atoms with Crippen molar-refractivity contribution in [1.82, 2.24) is 4.98 Å². The summed E-state index contributed by atoms with van der Waals surface area (Å²) < 4.78 is 0. The van der Waals surface area contributed by atoms with Crippen LogP contribution in [0.5, 0.6) is 0 Å². The third-order valence-corrected chi connectivity index (χ3v) is 4.42. The summed E-state index contributed by atoms with van der Waals surface area (Å²) in [6.45, 7) is 0. The molecule has 3 rings (SSSR count). The Morgan fingerprint density at radius 1 is 1.10 bits per heavy atom. The van der Waals surface area contributed by atoms with Crippen molar-refractivity contribution in [2.45, 2.75) is 0 Å². The van der Waals surface area contributed by atoms with E-state index in [0.29, 0.717) is 10.2 Å². The summed E-state index contributed by atoms with van der Waals surface area (Å²) in [6.07, 6.45) is 0. The number of carbonyl (C=O) groups is 1. The largest absolute Gasteiger partial charge is 0.326 e. The Kier molecular flexibility index (Phi) is 4.19. The molecular weight excluding hydrogens is 326 g/mol. The van der Waals surface area contributed by atoms with Crippen molar-refractivity contribution in [2.24, 2.45) is 0 Å². The van der Waals surface area contributed by atoms with Gasteiger partial charge in [-0.15, -0.1) is 22.7 Å². The van der Waals surface area contributed by atoms with Gasteiger partial charge in [0, 0.05) is 16.0 Å². The van der Waals surface area contributed by atoms with Crippen molar-refractivity contribution in [3.8, 4) is 11.3 Å². The molecule has 0 unspecified atom stereocenters. The summed E-state index contributed by atoms with van der Waals surface area (Å²) in [5, 5.41) is 11.3. The molecular formula is C14H10ClN3OS2. The van der Waals surface area contributed by atoms with Gasteiger partial charge in [0.2, 0.25) is 0 Å². The Balaban J connectivity index is 1.67. The second kappa shape index (κ2) is 6.26. The minimum absolute atomic E-state index is 0.297. The van der Waals surface area contributed by atoms with E-state index in [4.69, 9.17) is 11.6 Å². The van der Waals surface area contributed by atoms with Crippen LogP contribution in [0.3, 0.4) is 0 Å². The minimum atomic E-state index is -0.297. The molecule has 0 saturated carbocycles. The number of nitrogens with zero attached hydrogens (tertiary/aromatic N) is 1. The first-order valence-corrected chi connectivity index (χ1v) is 8.17. The van der Waals surface area contributed by atoms with E-state index in [1.54, 1.807) is 0 Å². The van der Waals surface area contributed by atoms with Crippen molar-refractivity contribution in [1.29, 1.82) is 0 Å². The number of nitrogens with one attached hydrogen (secondary N) is 2. The van der Waals surface area contributed by atoms with Gasteiger partial charge in [-0.25, -0.2) is 9.78 Å². The number of aromatic nitrogens is 1. The number of anilines is 2. The van der Waals surface area contributed by atoms with E-state index in [0.717, 1.165) is 16.3 Å². The Labute approximate surface area is 134 Å². The Morgan fingerprint density at radius 3 is 2.62 bits per heavy atom. The van der Waals surface area contributed by atoms with Gasteiger partial charge in [0.25, 0.3) is 0 Å². The predicted octanol–water partition coefficient (Wildman–Crippen LogP) is 5.17. The van der Waals surface area contributed by atoms with Crippen LogP contribution in [0, 0.1) is 0 Å². The van der Waals surface area contributed by atoms with E-state index < -0.39 is 0 Å². The lowest BCUT2D eigenvalue weighted by molar-refractivity contribution is 0.262. The fourth-order valence-corrected chi connectivity index (χ4v) is 3.13. The number of amides is 2. The second-order valence-corrected chi connectivity index (χ2v) is 6.34. The van der Waals surface area contributed by atoms with Crippen molar-refractivity contribution in [2.75, 3.05) is 10.6 Å². The normalized spacial score (nSPS) is 10.3. The van der Waals surface area contributed by atoms with Crippen LogP contribution in [-0.4, -0.2) is 11.0 Å². The zero-order chi connectivity index (χ0) is 14.7. The van der Waals surface area contributed by atoms with E-state index in [-0.39, 0.29) is 6.03 Å². The van der Waals surface area contributed by atoms with Crippen molar-refractivity contribution in [3.63, 3.8) is 0 Å². The molecule has 0 radical (unpaired) electrons. The lowest BCUT2D eigenvalue weighted by atomic mass is 10.2. The summed E-state index contributed by atoms with van der Waals surface area (Å²) in [5.41, 5.74) is 1.77. The number of thiazole rings is 1. The third-order valence-electron chi connectivity index (χ3n) is 2.62. The monoisotopic (exact) mass is 335 g/mol. The number of thiophene rings is 1. The number of hydrogen-bond acceptors (Lipinski definition) is 4. The topological polar surface area (TPSA) is 54.0 Å². The summed E-state index contributed by atoms with van der Waals surface area (Å²) in [5.74, 6) is 0. The van der Waals surface area contributed by atoms with E-state index in [2.05, 4.69) is 15.6 Å². The van der Waals surface area contributed by atoms with Crippen LogP contribution in [0.25, 0.3) is 11.3 Å². The zero-order valence-electron chi connectivity index (χ0n) is 10.7. The van der Waals surface area contributed by atoms with E-state index >= 15 is 0 Å². The summed E-state index contributed by atoms with van der Waals surface area (Å²) in [6, 6.07) is 10.8. The van der Waals surface area contributed by atoms with E-state index in [9.17, 15) is 4.79 Å². The predicted molar refractivity (Wildman–Crippen MR) is 89.5 cm³/mol. The molecule has 0 aliphatic rings. The molecule has 1 aromatic carbocycles. The van der Waals surface area contributed by atoms with Gasteiger partial charge in [0.15, 0.2) is 5.13 Å². The Hall–Kier alpha value is -1.89. The van der Waals surface area contributed by atoms with Gasteiger partial charge >= 0.3 is 6.03 Å². The molecule has 2 heterocycles. The molecule has 7 heteroatoms. The van der Waals surface area contributed by atoms with Gasteiger partial charge in [-0.3, -0.25) is 10.6 Å². The summed E-state index contributed by atoms with van der Waals surface area (Å²) >= 11 is 8.70. The molecule has 0 fully saturated rings. The maximum atomic E-state index is 11.8. The third kappa shape index (κ3) is 3.60. The molecule has 2 aromatic heterocycles. The molecule has 0 aliphatic heterocycles. The smallest absolute Gasteiger partial charge is 0.299 e. The Bertz CT molecular complexity index is 738. The first-order chi connectivity index (χ1) is 10.2. The molecule has 2 N–H and O–H groups in total. The molecule has 21 heavy (non-hydrogen) atoms. The lowest BCUT2D eigenvalue weighted by Crippen LogP contribution is -2.18. The minimum Gasteiger partial charge on any atom is -0.299 e. The number of rotatable bonds is 3. The second-order valence-electron chi connectivity index (χ2n) is 4.10. The van der Waals surface area contributed by atoms with Crippen LogP contribution in [0.15, 0.2) is 47.2 Å². The number of urea groups is 1. The quantitative estimate of drug-likeness (QED) is 0.693. The molecule has 0 bridgehead atoms. The number of halogens is 1. The van der Waals surface area contributed by atoms with Crippen molar-refractivity contribution < 1.29 is 4.79 Å². The number of benzene rings is 1.